The molecule has 1 aromatic heterocycles. The summed E-state index contributed by atoms with van der Waals surface area (Å²) in [6.07, 6.45) is 0. The first kappa shape index (κ1) is 11.0. The number of ether oxygens (including phenoxy) is 1. The third-order valence-corrected chi connectivity index (χ3v) is 3.58. The van der Waals surface area contributed by atoms with Gasteiger partial charge in [-0.25, -0.2) is 0 Å². The van der Waals surface area contributed by atoms with Crippen molar-refractivity contribution >= 4 is 26.4 Å². The summed E-state index contributed by atoms with van der Waals surface area (Å²) in [7, 11) is 2.80. The second kappa shape index (κ2) is 4.95. The molecule has 0 bridgehead atoms. The van der Waals surface area contributed by atoms with Gasteiger partial charge in [-0.2, -0.15) is 0 Å². The van der Waals surface area contributed by atoms with Gasteiger partial charge in [0, 0.05) is 0 Å². The molecule has 1 aromatic rings. The third-order valence-electron chi connectivity index (χ3n) is 1.39. The Morgan fingerprint density at radius 1 is 1.29 bits per heavy atom. The number of methoxy groups -OCH3 is 1. The van der Waals surface area contributed by atoms with E-state index in [1.807, 2.05) is 0 Å². The Bertz CT molecular complexity index is 347. The molecule has 76 valence electrons. The number of hydrogen-bond acceptors (Lipinski definition) is 5. The second-order valence-corrected chi connectivity index (χ2v) is 4.52. The Balaban J connectivity index is 2.77. The van der Waals surface area contributed by atoms with Crippen LogP contribution in [0.2, 0.25) is 0 Å². The van der Waals surface area contributed by atoms with Crippen LogP contribution in [0.15, 0.2) is 12.1 Å². The predicted molar refractivity (Wildman–Crippen MR) is 49.2 cm³/mol. The molecule has 0 radical (unpaired) electrons. The summed E-state index contributed by atoms with van der Waals surface area (Å²) in [5, 5.41) is 0. The van der Waals surface area contributed by atoms with Crippen LogP contribution in [0, 0.1) is 0 Å². The minimum atomic E-state index is -0.456. The molecule has 0 saturated carbocycles. The van der Waals surface area contributed by atoms with Gasteiger partial charge in [0.05, 0.1) is 0 Å². The number of hydrogen-bond donors (Lipinski definition) is 1. The average molecular weight is 262 g/mol. The summed E-state index contributed by atoms with van der Waals surface area (Å²) in [5.74, 6) is -0.851. The van der Waals surface area contributed by atoms with Crippen molar-refractivity contribution in [3.8, 4) is 0 Å². The third kappa shape index (κ3) is 2.45. The topological polar surface area (TPSA) is 64.6 Å². The molecule has 0 aromatic carbocycles. The monoisotopic (exact) mass is 263 g/mol. The molecule has 1 rings (SSSR count). The van der Waals surface area contributed by atoms with Crippen molar-refractivity contribution in [1.82, 2.24) is 5.48 Å². The number of nitrogens with one attached hydrogen (secondary N) is 1. The minimum absolute atomic E-state index is 0.318. The van der Waals surface area contributed by atoms with E-state index in [2.05, 4.69) is 15.1 Å². The van der Waals surface area contributed by atoms with Gasteiger partial charge in [-0.05, 0) is 0 Å². The van der Waals surface area contributed by atoms with Gasteiger partial charge in [-0.3, -0.25) is 0 Å². The fourth-order valence-electron chi connectivity index (χ4n) is 0.801. The predicted octanol–water partition coefficient (Wildman–Crippen LogP) is -0.179. The van der Waals surface area contributed by atoms with Crippen molar-refractivity contribution in [2.24, 2.45) is 0 Å². The number of rotatable bonds is 3. The van der Waals surface area contributed by atoms with Crippen molar-refractivity contribution in [3.63, 3.8) is 0 Å². The normalized spacial score (nSPS) is 9.57. The average Bonchev–Trinajstić information content (AvgIpc) is 2.66. The molecule has 0 amide bonds. The molecule has 5 nitrogen and oxygen atoms in total. The molecule has 0 unspecified atom stereocenters. The standard InChI is InChI=1S/C8H9NO4Se/c1-9-13-8(11)6-4-3-5(14-6)7(10)12-2/h3-4,9H,1-2H3. The first-order valence-electron chi connectivity index (χ1n) is 3.75. The van der Waals surface area contributed by atoms with Gasteiger partial charge in [0.2, 0.25) is 0 Å². The van der Waals surface area contributed by atoms with Gasteiger partial charge >= 0.3 is 86.3 Å². The van der Waals surface area contributed by atoms with E-state index in [0.717, 1.165) is 0 Å². The van der Waals surface area contributed by atoms with E-state index in [9.17, 15) is 9.59 Å². The summed E-state index contributed by atoms with van der Waals surface area (Å²) in [4.78, 5) is 26.8. The zero-order valence-corrected chi connectivity index (χ0v) is 9.41. The van der Waals surface area contributed by atoms with E-state index in [-0.39, 0.29) is 14.5 Å². The van der Waals surface area contributed by atoms with Gasteiger partial charge in [0.15, 0.2) is 0 Å². The van der Waals surface area contributed by atoms with Gasteiger partial charge < -0.3 is 0 Å². The van der Waals surface area contributed by atoms with Crippen LogP contribution in [0.3, 0.4) is 0 Å². The number of esters is 1. The molecule has 0 aliphatic carbocycles. The van der Waals surface area contributed by atoms with Crippen LogP contribution in [0.25, 0.3) is 0 Å². The Morgan fingerprint density at radius 3 is 2.36 bits per heavy atom. The molecule has 1 N–H and O–H groups in total. The Morgan fingerprint density at radius 2 is 1.86 bits per heavy atom. The second-order valence-electron chi connectivity index (χ2n) is 2.25. The van der Waals surface area contributed by atoms with E-state index in [1.165, 1.54) is 14.2 Å². The van der Waals surface area contributed by atoms with Crippen LogP contribution >= 0.6 is 0 Å². The van der Waals surface area contributed by atoms with E-state index in [1.54, 1.807) is 12.1 Å². The van der Waals surface area contributed by atoms with Gasteiger partial charge in [0.1, 0.15) is 0 Å². The summed E-state index contributed by atoms with van der Waals surface area (Å²) in [5.41, 5.74) is 2.28. The molecule has 0 aliphatic rings. The van der Waals surface area contributed by atoms with Crippen LogP contribution in [-0.2, 0) is 9.57 Å². The van der Waals surface area contributed by atoms with E-state index in [0.29, 0.717) is 8.87 Å². The summed E-state index contributed by atoms with van der Waals surface area (Å²) in [6, 6.07) is 3.16. The first-order chi connectivity index (χ1) is 6.69. The molecule has 6 heteroatoms. The van der Waals surface area contributed by atoms with E-state index < -0.39 is 11.9 Å². The van der Waals surface area contributed by atoms with Crippen LogP contribution in [0.5, 0.6) is 0 Å². The summed E-state index contributed by atoms with van der Waals surface area (Å²) < 4.78 is 5.54. The molecule has 14 heavy (non-hydrogen) atoms. The van der Waals surface area contributed by atoms with Crippen molar-refractivity contribution < 1.29 is 19.2 Å². The Kier molecular flexibility index (Phi) is 3.88. The fourth-order valence-corrected chi connectivity index (χ4v) is 2.48. The van der Waals surface area contributed by atoms with Crippen LogP contribution in [-0.4, -0.2) is 40.6 Å². The number of carbonyl (C=O) groups is 2. The number of hydroxylamine groups is 1. The van der Waals surface area contributed by atoms with Gasteiger partial charge in [0.25, 0.3) is 0 Å². The van der Waals surface area contributed by atoms with Crippen molar-refractivity contribution in [3.05, 3.63) is 21.0 Å². The van der Waals surface area contributed by atoms with Crippen LogP contribution in [0.4, 0.5) is 0 Å². The molecular formula is C8H9NO4Se. The first-order valence-corrected chi connectivity index (χ1v) is 5.46. The van der Waals surface area contributed by atoms with E-state index in [4.69, 9.17) is 0 Å². The zero-order chi connectivity index (χ0) is 10.6. The molecule has 0 aliphatic heterocycles. The van der Waals surface area contributed by atoms with Crippen LogP contribution in [0.1, 0.15) is 18.5 Å². The van der Waals surface area contributed by atoms with Crippen molar-refractivity contribution in [2.45, 2.75) is 0 Å². The quantitative estimate of drug-likeness (QED) is 0.465. The Labute approximate surface area is 86.7 Å². The summed E-state index contributed by atoms with van der Waals surface area (Å²) in [6.45, 7) is 0. The molecule has 0 fully saturated rings. The van der Waals surface area contributed by atoms with Gasteiger partial charge in [-0.15, -0.1) is 0 Å². The van der Waals surface area contributed by atoms with Gasteiger partial charge in [-0.1, -0.05) is 0 Å². The molecular weight excluding hydrogens is 253 g/mol. The van der Waals surface area contributed by atoms with Crippen LogP contribution < -0.4 is 5.48 Å². The van der Waals surface area contributed by atoms with Crippen molar-refractivity contribution in [1.29, 1.82) is 0 Å². The maximum absolute atomic E-state index is 11.2. The SMILES string of the molecule is CNOC(=O)c1ccc(C(=O)OC)[se]1. The fraction of sp³-hybridized carbons (Fsp3) is 0.250. The molecule has 0 saturated heterocycles. The summed E-state index contributed by atoms with van der Waals surface area (Å²) >= 11 is -0.318. The van der Waals surface area contributed by atoms with E-state index >= 15 is 0 Å². The molecule has 0 spiro atoms. The maximum atomic E-state index is 11.2. The molecule has 0 atom stereocenters. The molecule has 1 heterocycles. The van der Waals surface area contributed by atoms with Crippen molar-refractivity contribution in [2.75, 3.05) is 14.2 Å². The Hall–Kier alpha value is -1.10. The number of carbonyl (C=O) groups excluding carboxylic acids is 2. The zero-order valence-electron chi connectivity index (χ0n) is 7.70.